The summed E-state index contributed by atoms with van der Waals surface area (Å²) in [5.41, 5.74) is 2.41. The topological polar surface area (TPSA) is 24.7 Å². The van der Waals surface area contributed by atoms with Crippen LogP contribution in [-0.4, -0.2) is 30.6 Å². The van der Waals surface area contributed by atoms with Gasteiger partial charge >= 0.3 is 0 Å². The molecule has 96 valence electrons. The van der Waals surface area contributed by atoms with Gasteiger partial charge in [0, 0.05) is 29.7 Å². The Labute approximate surface area is 113 Å². The number of piperidine rings is 3. The number of aliphatic hydroxyl groups is 1. The predicted octanol–water partition coefficient (Wildman–Crippen LogP) is 1.42. The molecular weight excluding hydrogens is 242 g/mol. The Balaban J connectivity index is 1.86. The lowest BCUT2D eigenvalue weighted by Crippen LogP contribution is -3.14. The van der Waals surface area contributed by atoms with Gasteiger partial charge in [-0.05, 0) is 24.0 Å². The highest BCUT2D eigenvalue weighted by atomic mass is 32.2. The first-order chi connectivity index (χ1) is 8.78. The SMILES string of the molecule is CSc1ccc(/C=C2/[C@@H](O)C3CC[NH+]2CC3)cc1. The Morgan fingerprint density at radius 1 is 1.22 bits per heavy atom. The van der Waals surface area contributed by atoms with Crippen LogP contribution in [-0.2, 0) is 0 Å². The molecule has 0 aliphatic carbocycles. The zero-order chi connectivity index (χ0) is 12.5. The number of benzene rings is 1. The first kappa shape index (κ1) is 12.3. The second kappa shape index (κ2) is 5.08. The Morgan fingerprint density at radius 3 is 2.44 bits per heavy atom. The van der Waals surface area contributed by atoms with Crippen molar-refractivity contribution >= 4 is 17.8 Å². The minimum Gasteiger partial charge on any atom is -0.383 e. The standard InChI is InChI=1S/C15H19NOS/c1-18-13-4-2-11(3-5-13)10-14-15(17)12-6-8-16(14)9-7-12/h2-5,10,12,15,17H,6-9H2,1H3/p+1/b14-10-/t15-/m0/s1. The molecule has 1 aromatic carbocycles. The van der Waals surface area contributed by atoms with Gasteiger partial charge in [-0.3, -0.25) is 0 Å². The molecule has 0 unspecified atom stereocenters. The molecule has 0 aromatic heterocycles. The van der Waals surface area contributed by atoms with E-state index in [-0.39, 0.29) is 6.10 Å². The van der Waals surface area contributed by atoms with Crippen molar-refractivity contribution < 1.29 is 10.0 Å². The number of hydrogen-bond acceptors (Lipinski definition) is 2. The van der Waals surface area contributed by atoms with Crippen LogP contribution in [0.2, 0.25) is 0 Å². The number of fused-ring (bicyclic) bond motifs is 3. The van der Waals surface area contributed by atoms with Crippen LogP contribution in [0.3, 0.4) is 0 Å². The summed E-state index contributed by atoms with van der Waals surface area (Å²) in [5.74, 6) is 0.499. The minimum absolute atomic E-state index is 0.220. The first-order valence-corrected chi connectivity index (χ1v) is 7.89. The second-order valence-electron chi connectivity index (χ2n) is 5.26. The van der Waals surface area contributed by atoms with E-state index in [0.717, 1.165) is 0 Å². The smallest absolute Gasteiger partial charge is 0.137 e. The molecular formula is C15H20NOS+. The monoisotopic (exact) mass is 262 g/mol. The quantitative estimate of drug-likeness (QED) is 0.788. The van der Waals surface area contributed by atoms with E-state index in [4.69, 9.17) is 0 Å². The van der Waals surface area contributed by atoms with Crippen LogP contribution in [0.5, 0.6) is 0 Å². The molecule has 3 heterocycles. The van der Waals surface area contributed by atoms with Crippen LogP contribution < -0.4 is 4.90 Å². The maximum Gasteiger partial charge on any atom is 0.137 e. The molecule has 18 heavy (non-hydrogen) atoms. The normalized spacial score (nSPS) is 33.0. The third kappa shape index (κ3) is 2.22. The summed E-state index contributed by atoms with van der Waals surface area (Å²) in [6.07, 6.45) is 6.42. The van der Waals surface area contributed by atoms with Gasteiger partial charge in [0.2, 0.25) is 0 Å². The van der Waals surface area contributed by atoms with Crippen molar-refractivity contribution in [2.45, 2.75) is 23.8 Å². The molecule has 0 spiro atoms. The van der Waals surface area contributed by atoms with E-state index in [9.17, 15) is 5.11 Å². The van der Waals surface area contributed by atoms with Crippen LogP contribution in [0.1, 0.15) is 18.4 Å². The van der Waals surface area contributed by atoms with E-state index < -0.39 is 0 Å². The summed E-state index contributed by atoms with van der Waals surface area (Å²) in [6.45, 7) is 2.38. The highest BCUT2D eigenvalue weighted by Crippen LogP contribution is 2.25. The molecule has 0 amide bonds. The van der Waals surface area contributed by atoms with Crippen molar-refractivity contribution in [1.82, 2.24) is 0 Å². The lowest BCUT2D eigenvalue weighted by molar-refractivity contribution is -0.880. The highest BCUT2D eigenvalue weighted by molar-refractivity contribution is 7.98. The number of aliphatic hydroxyl groups excluding tert-OH is 1. The zero-order valence-corrected chi connectivity index (χ0v) is 11.5. The van der Waals surface area contributed by atoms with Gasteiger partial charge < -0.3 is 10.0 Å². The summed E-state index contributed by atoms with van der Waals surface area (Å²) in [5, 5.41) is 10.3. The third-order valence-electron chi connectivity index (χ3n) is 4.25. The summed E-state index contributed by atoms with van der Waals surface area (Å²) >= 11 is 1.76. The number of nitrogens with one attached hydrogen (secondary N) is 1. The number of hydrogen-bond donors (Lipinski definition) is 2. The molecule has 3 aliphatic heterocycles. The Kier molecular flexibility index (Phi) is 3.46. The average Bonchev–Trinajstić information content (AvgIpc) is 2.44. The van der Waals surface area contributed by atoms with Crippen molar-refractivity contribution in [2.24, 2.45) is 5.92 Å². The molecule has 0 saturated carbocycles. The second-order valence-corrected chi connectivity index (χ2v) is 6.14. The third-order valence-corrected chi connectivity index (χ3v) is 4.99. The summed E-state index contributed by atoms with van der Waals surface area (Å²) in [6, 6.07) is 8.59. The molecule has 3 saturated heterocycles. The van der Waals surface area contributed by atoms with E-state index in [2.05, 4.69) is 36.6 Å². The van der Waals surface area contributed by atoms with Gasteiger partial charge in [0.1, 0.15) is 11.8 Å². The van der Waals surface area contributed by atoms with Crippen molar-refractivity contribution in [2.75, 3.05) is 19.3 Å². The maximum absolute atomic E-state index is 10.3. The Bertz CT molecular complexity index is 442. The van der Waals surface area contributed by atoms with Crippen LogP contribution in [0.4, 0.5) is 0 Å². The lowest BCUT2D eigenvalue weighted by atomic mass is 9.83. The van der Waals surface area contributed by atoms with Crippen molar-refractivity contribution in [1.29, 1.82) is 0 Å². The van der Waals surface area contributed by atoms with E-state index in [0.29, 0.717) is 5.92 Å². The van der Waals surface area contributed by atoms with Gasteiger partial charge in [0.25, 0.3) is 0 Å². The van der Waals surface area contributed by atoms with E-state index >= 15 is 0 Å². The van der Waals surface area contributed by atoms with Crippen molar-refractivity contribution in [3.63, 3.8) is 0 Å². The lowest BCUT2D eigenvalue weighted by Gasteiger charge is -2.41. The van der Waals surface area contributed by atoms with E-state index in [1.54, 1.807) is 11.8 Å². The number of quaternary nitrogens is 1. The maximum atomic E-state index is 10.3. The molecule has 1 aromatic rings. The highest BCUT2D eigenvalue weighted by Gasteiger charge is 2.40. The summed E-state index contributed by atoms with van der Waals surface area (Å²) < 4.78 is 0. The zero-order valence-electron chi connectivity index (χ0n) is 10.7. The number of rotatable bonds is 2. The summed E-state index contributed by atoms with van der Waals surface area (Å²) in [4.78, 5) is 2.77. The van der Waals surface area contributed by atoms with Gasteiger partial charge in [-0.2, -0.15) is 0 Å². The van der Waals surface area contributed by atoms with Crippen LogP contribution >= 0.6 is 11.8 Å². The molecule has 2 bridgehead atoms. The fourth-order valence-corrected chi connectivity index (χ4v) is 3.53. The largest absolute Gasteiger partial charge is 0.383 e. The average molecular weight is 262 g/mol. The molecule has 0 radical (unpaired) electrons. The van der Waals surface area contributed by atoms with Crippen molar-refractivity contribution in [3.05, 3.63) is 35.5 Å². The fraction of sp³-hybridized carbons (Fsp3) is 0.467. The van der Waals surface area contributed by atoms with Crippen LogP contribution in [0.15, 0.2) is 34.9 Å². The number of thioether (sulfide) groups is 1. The fourth-order valence-electron chi connectivity index (χ4n) is 3.12. The van der Waals surface area contributed by atoms with E-state index in [1.807, 2.05) is 0 Å². The van der Waals surface area contributed by atoms with Gasteiger partial charge in [0.05, 0.1) is 13.1 Å². The summed E-state index contributed by atoms with van der Waals surface area (Å²) in [7, 11) is 0. The van der Waals surface area contributed by atoms with E-state index in [1.165, 1.54) is 47.0 Å². The van der Waals surface area contributed by atoms with Gasteiger partial charge in [0.15, 0.2) is 0 Å². The first-order valence-electron chi connectivity index (χ1n) is 6.66. The Hall–Kier alpha value is -0.770. The molecule has 1 atom stereocenters. The molecule has 3 aliphatic rings. The molecule has 4 rings (SSSR count). The van der Waals surface area contributed by atoms with Crippen molar-refractivity contribution in [3.8, 4) is 0 Å². The Morgan fingerprint density at radius 2 is 1.89 bits per heavy atom. The van der Waals surface area contributed by atoms with Gasteiger partial charge in [-0.1, -0.05) is 12.1 Å². The minimum atomic E-state index is -0.220. The molecule has 3 fully saturated rings. The van der Waals surface area contributed by atoms with Crippen LogP contribution in [0.25, 0.3) is 6.08 Å². The molecule has 3 heteroatoms. The van der Waals surface area contributed by atoms with Gasteiger partial charge in [-0.25, -0.2) is 0 Å². The van der Waals surface area contributed by atoms with Gasteiger partial charge in [-0.15, -0.1) is 11.8 Å². The van der Waals surface area contributed by atoms with Crippen LogP contribution in [0, 0.1) is 5.92 Å². The molecule has 2 N–H and O–H groups in total. The molecule has 2 nitrogen and oxygen atoms in total. The predicted molar refractivity (Wildman–Crippen MR) is 75.6 cm³/mol.